The van der Waals surface area contributed by atoms with Gasteiger partial charge in [-0.15, -0.1) is 0 Å². The third kappa shape index (κ3) is 496. The first-order chi connectivity index (χ1) is 5.73. The summed E-state index contributed by atoms with van der Waals surface area (Å²) in [5, 5.41) is 0. The first-order valence-corrected chi connectivity index (χ1v) is 8.62. The molecular weight excluding hydrogens is 309 g/mol. The maximum atomic E-state index is 7.56. The summed E-state index contributed by atoms with van der Waals surface area (Å²) < 4.78 is 0. The van der Waals surface area contributed by atoms with Crippen molar-refractivity contribution in [2.45, 2.75) is 20.8 Å². The Morgan fingerprint density at radius 1 is 0.800 bits per heavy atom. The normalized spacial score (nSPS) is 10.3. The van der Waals surface area contributed by atoms with Crippen LogP contribution in [0.2, 0.25) is 0 Å². The van der Waals surface area contributed by atoms with E-state index in [1.54, 1.807) is 0 Å². The second-order valence-electron chi connectivity index (χ2n) is 2.76. The van der Waals surface area contributed by atoms with Crippen molar-refractivity contribution >= 4 is 37.1 Å². The zero-order chi connectivity index (χ0) is 12.6. The van der Waals surface area contributed by atoms with Crippen LogP contribution in [0.1, 0.15) is 22.2 Å². The van der Waals surface area contributed by atoms with E-state index in [9.17, 15) is 0 Å². The number of hydrogen-bond donors (Lipinski definition) is 6. The van der Waals surface area contributed by atoms with E-state index in [0.29, 0.717) is 0 Å². The number of hydrogen-bond acceptors (Lipinski definition) is 2. The summed E-state index contributed by atoms with van der Waals surface area (Å²) in [6, 6.07) is 0. The molecule has 0 radical (unpaired) electrons. The molecule has 0 spiro atoms. The van der Waals surface area contributed by atoms with Crippen molar-refractivity contribution in [2.75, 3.05) is 0 Å². The molecule has 6 nitrogen and oxygen atoms in total. The molecule has 11 heteroatoms. The van der Waals surface area contributed by atoms with E-state index in [2.05, 4.69) is 44.4 Å². The van der Waals surface area contributed by atoms with Crippen molar-refractivity contribution < 1.29 is 82.2 Å². The molecule has 0 fully saturated rings. The molecule has 15 heavy (non-hydrogen) atoms. The van der Waals surface area contributed by atoms with E-state index >= 15 is 0 Å². The molecule has 6 N–H and O–H groups in total. The van der Waals surface area contributed by atoms with Crippen LogP contribution in [0.15, 0.2) is 0 Å². The summed E-state index contributed by atoms with van der Waals surface area (Å²) in [5.74, 6) is 0.833. The van der Waals surface area contributed by atoms with Gasteiger partial charge >= 0.3 is 64.8 Å². The minimum atomic E-state index is -3.81. The van der Waals surface area contributed by atoms with Gasteiger partial charge in [0.2, 0.25) is 0 Å². The van der Waals surface area contributed by atoms with Crippen LogP contribution < -0.4 is 51.4 Å². The van der Waals surface area contributed by atoms with Gasteiger partial charge in [0.1, 0.15) is 0 Å². The third-order valence-corrected chi connectivity index (χ3v) is 0. The fourth-order valence-corrected chi connectivity index (χ4v) is 0. The molecule has 0 aliphatic heterocycles. The van der Waals surface area contributed by atoms with E-state index in [0.717, 1.165) is 5.92 Å². The van der Waals surface area contributed by atoms with Gasteiger partial charge in [0, 0.05) is 0 Å². The van der Waals surface area contributed by atoms with Gasteiger partial charge in [-0.25, -0.2) is 0 Å². The van der Waals surface area contributed by atoms with Gasteiger partial charge in [0.25, 0.3) is 0 Å². The van der Waals surface area contributed by atoms with E-state index in [-0.39, 0.29) is 52.8 Å². The first-order valence-electron chi connectivity index (χ1n) is 3.30. The Hall–Kier alpha value is 2.70. The third-order valence-electron chi connectivity index (χ3n) is 0. The number of rotatable bonds is 0. The van der Waals surface area contributed by atoms with Gasteiger partial charge in [-0.1, -0.05) is 20.8 Å². The zero-order valence-corrected chi connectivity index (χ0v) is 15.5. The van der Waals surface area contributed by atoms with Crippen LogP contribution in [0.5, 0.6) is 0 Å². The second kappa shape index (κ2) is 13.1. The summed E-state index contributed by atoms with van der Waals surface area (Å²) in [6.45, 7) is -1.11. The molecule has 0 saturated carbocycles. The Bertz CT molecular complexity index is 179. The Labute approximate surface area is 144 Å². The van der Waals surface area contributed by atoms with Crippen LogP contribution in [0.3, 0.4) is 0 Å². The predicted octanol–water partition coefficient (Wildman–Crippen LogP) is -2.85. The summed E-state index contributed by atoms with van der Waals surface area (Å²) in [6.07, 6.45) is 0. The molecular formula is C4H17KO6P2S2. The SMILES string of the molecule is CC(C)C.OP(O)(O)=S.OP(O)(O)=S.[H-].[K+]. The molecule has 0 unspecified atom stereocenters. The molecule has 92 valence electrons. The van der Waals surface area contributed by atoms with E-state index < -0.39 is 13.4 Å². The van der Waals surface area contributed by atoms with Gasteiger partial charge in [0.05, 0.1) is 0 Å². The quantitative estimate of drug-likeness (QED) is 0.208. The van der Waals surface area contributed by atoms with Crippen LogP contribution in [-0.2, 0) is 23.6 Å². The smallest absolute Gasteiger partial charge is 1.00 e. The summed E-state index contributed by atoms with van der Waals surface area (Å²) in [7, 11) is 0. The standard InChI is InChI=1S/C4H10.K.2H3O3PS.H/c1-4(2)3;;2*1-4(2,3)5;/h4H,1-3H3;;2*(H3,1,2,3,5);/q;+1;;;-1. The molecule has 0 rings (SSSR count). The molecule has 0 aromatic rings. The monoisotopic (exact) mass is 326 g/mol. The average Bonchev–Trinajstić information content (AvgIpc) is 1.45. The van der Waals surface area contributed by atoms with E-state index in [4.69, 9.17) is 29.4 Å². The minimum absolute atomic E-state index is 0. The van der Waals surface area contributed by atoms with Crippen LogP contribution >= 0.6 is 13.4 Å². The molecule has 0 atom stereocenters. The van der Waals surface area contributed by atoms with E-state index in [1.807, 2.05) is 0 Å². The Balaban J connectivity index is -0.0000000358. The molecule has 0 aliphatic carbocycles. The summed E-state index contributed by atoms with van der Waals surface area (Å²) in [5.41, 5.74) is 0. The van der Waals surface area contributed by atoms with Crippen LogP contribution in [0.25, 0.3) is 0 Å². The Kier molecular flexibility index (Phi) is 23.0. The summed E-state index contributed by atoms with van der Waals surface area (Å²) in [4.78, 5) is 45.3. The molecule has 0 aromatic carbocycles. The Morgan fingerprint density at radius 3 is 0.800 bits per heavy atom. The van der Waals surface area contributed by atoms with Crippen molar-refractivity contribution in [1.29, 1.82) is 0 Å². The molecule has 0 heterocycles. The van der Waals surface area contributed by atoms with Gasteiger partial charge in [-0.3, -0.25) is 0 Å². The first kappa shape index (κ1) is 26.3. The molecule has 0 aromatic heterocycles. The van der Waals surface area contributed by atoms with Gasteiger partial charge in [-0.2, -0.15) is 0 Å². The Morgan fingerprint density at radius 2 is 0.800 bits per heavy atom. The second-order valence-corrected chi connectivity index (χ2v) is 7.75. The van der Waals surface area contributed by atoms with Crippen LogP contribution in [-0.4, -0.2) is 29.4 Å². The fourth-order valence-electron chi connectivity index (χ4n) is 0. The molecule has 0 bridgehead atoms. The van der Waals surface area contributed by atoms with Crippen molar-refractivity contribution in [3.05, 3.63) is 0 Å². The van der Waals surface area contributed by atoms with Crippen LogP contribution in [0, 0.1) is 5.92 Å². The van der Waals surface area contributed by atoms with Crippen molar-refractivity contribution in [3.63, 3.8) is 0 Å². The van der Waals surface area contributed by atoms with Crippen molar-refractivity contribution in [2.24, 2.45) is 5.92 Å². The predicted molar refractivity (Wildman–Crippen MR) is 63.5 cm³/mol. The van der Waals surface area contributed by atoms with E-state index in [1.165, 1.54) is 0 Å². The summed E-state index contributed by atoms with van der Waals surface area (Å²) >= 11 is 7.21. The maximum Gasteiger partial charge on any atom is 1.00 e. The van der Waals surface area contributed by atoms with Crippen molar-refractivity contribution in [3.8, 4) is 0 Å². The molecule has 0 saturated heterocycles. The topological polar surface area (TPSA) is 121 Å². The largest absolute Gasteiger partial charge is 1.00 e. The zero-order valence-electron chi connectivity index (χ0n) is 9.97. The fraction of sp³-hybridized carbons (Fsp3) is 1.00. The van der Waals surface area contributed by atoms with Gasteiger partial charge < -0.3 is 30.8 Å². The molecule has 0 aliphatic rings. The average molecular weight is 326 g/mol. The maximum absolute atomic E-state index is 7.56. The van der Waals surface area contributed by atoms with Gasteiger partial charge in [-0.05, 0) is 29.5 Å². The van der Waals surface area contributed by atoms with Crippen LogP contribution in [0.4, 0.5) is 0 Å². The van der Waals surface area contributed by atoms with Gasteiger partial charge in [0.15, 0.2) is 0 Å². The van der Waals surface area contributed by atoms with Crippen molar-refractivity contribution in [1.82, 2.24) is 0 Å². The minimum Gasteiger partial charge on any atom is -1.00 e. The molecule has 0 amide bonds.